The second-order valence-electron chi connectivity index (χ2n) is 6.59. The van der Waals surface area contributed by atoms with Gasteiger partial charge in [-0.05, 0) is 48.1 Å². The number of thioether (sulfide) groups is 1. The van der Waals surface area contributed by atoms with Gasteiger partial charge in [-0.2, -0.15) is 0 Å². The average molecular weight is 372 g/mol. The summed E-state index contributed by atoms with van der Waals surface area (Å²) < 4.78 is 0. The number of carbonyl (C=O) groups is 1. The van der Waals surface area contributed by atoms with E-state index in [0.717, 1.165) is 22.6 Å². The van der Waals surface area contributed by atoms with E-state index >= 15 is 0 Å². The van der Waals surface area contributed by atoms with Gasteiger partial charge in [-0.15, -0.1) is 11.8 Å². The lowest BCUT2D eigenvalue weighted by Gasteiger charge is -2.22. The van der Waals surface area contributed by atoms with Crippen LogP contribution in [0.3, 0.4) is 0 Å². The molecule has 5 heteroatoms. The summed E-state index contributed by atoms with van der Waals surface area (Å²) in [6.45, 7) is 4.74. The molecule has 0 aromatic heterocycles. The predicted octanol–water partition coefficient (Wildman–Crippen LogP) is 4.77. The van der Waals surface area contributed by atoms with Gasteiger partial charge in [0.2, 0.25) is 0 Å². The van der Waals surface area contributed by atoms with Crippen LogP contribution in [-0.2, 0) is 6.54 Å². The van der Waals surface area contributed by atoms with Crippen molar-refractivity contribution in [2.45, 2.75) is 31.3 Å². The second kappa shape index (κ2) is 9.53. The number of nitrogens with zero attached hydrogens (tertiary/aromatic N) is 2. The van der Waals surface area contributed by atoms with E-state index in [9.17, 15) is 4.79 Å². The zero-order valence-corrected chi connectivity index (χ0v) is 17.1. The van der Waals surface area contributed by atoms with Gasteiger partial charge in [-0.3, -0.25) is 0 Å². The van der Waals surface area contributed by atoms with Crippen LogP contribution in [0.15, 0.2) is 53.4 Å². The van der Waals surface area contributed by atoms with Crippen molar-refractivity contribution < 1.29 is 4.79 Å². The van der Waals surface area contributed by atoms with Gasteiger partial charge >= 0.3 is 6.03 Å². The van der Waals surface area contributed by atoms with Gasteiger partial charge in [-0.25, -0.2) is 4.79 Å². The zero-order valence-electron chi connectivity index (χ0n) is 16.3. The minimum Gasteiger partial charge on any atom is -0.378 e. The predicted molar refractivity (Wildman–Crippen MR) is 112 cm³/mol. The number of amides is 2. The number of nitrogens with one attached hydrogen (secondary N) is 1. The van der Waals surface area contributed by atoms with E-state index in [1.165, 1.54) is 4.90 Å². The lowest BCUT2D eigenvalue weighted by Crippen LogP contribution is -2.38. The Balaban J connectivity index is 1.91. The third-order valence-electron chi connectivity index (χ3n) is 4.25. The van der Waals surface area contributed by atoms with Crippen molar-refractivity contribution in [3.8, 4) is 0 Å². The summed E-state index contributed by atoms with van der Waals surface area (Å²) in [6, 6.07) is 16.6. The number of hydrogen-bond acceptors (Lipinski definition) is 3. The number of rotatable bonds is 7. The third-order valence-corrected chi connectivity index (χ3v) is 5.14. The summed E-state index contributed by atoms with van der Waals surface area (Å²) in [5.41, 5.74) is 3.38. The van der Waals surface area contributed by atoms with E-state index < -0.39 is 0 Å². The molecule has 2 rings (SSSR count). The van der Waals surface area contributed by atoms with Gasteiger partial charge in [0.25, 0.3) is 0 Å². The molecule has 0 heterocycles. The summed E-state index contributed by atoms with van der Waals surface area (Å²) in [5.74, 6) is 1.06. The van der Waals surface area contributed by atoms with Gasteiger partial charge in [-0.1, -0.05) is 31.2 Å². The van der Waals surface area contributed by atoms with Crippen LogP contribution in [0.2, 0.25) is 0 Å². The molecule has 0 saturated heterocycles. The highest BCUT2D eigenvalue weighted by Gasteiger charge is 2.14. The Morgan fingerprint density at radius 1 is 1.04 bits per heavy atom. The van der Waals surface area contributed by atoms with Crippen molar-refractivity contribution in [1.29, 1.82) is 0 Å². The Kier molecular flexibility index (Phi) is 7.39. The van der Waals surface area contributed by atoms with Crippen molar-refractivity contribution in [3.05, 3.63) is 59.7 Å². The van der Waals surface area contributed by atoms with Gasteiger partial charge in [0, 0.05) is 38.3 Å². The molecule has 26 heavy (non-hydrogen) atoms. The second-order valence-corrected chi connectivity index (χ2v) is 7.93. The molecule has 0 aliphatic heterocycles. The highest BCUT2D eigenvalue weighted by atomic mass is 32.2. The summed E-state index contributed by atoms with van der Waals surface area (Å²) in [7, 11) is 5.86. The molecule has 0 aliphatic rings. The number of urea groups is 1. The van der Waals surface area contributed by atoms with E-state index in [1.807, 2.05) is 39.8 Å². The molecule has 0 spiro atoms. The molecule has 2 aromatic carbocycles. The maximum absolute atomic E-state index is 12.5. The summed E-state index contributed by atoms with van der Waals surface area (Å²) in [5, 5.41) is 3.07. The smallest absolute Gasteiger partial charge is 0.317 e. The molecule has 1 N–H and O–H groups in total. The largest absolute Gasteiger partial charge is 0.378 e. The lowest BCUT2D eigenvalue weighted by atomic mass is 10.1. The maximum atomic E-state index is 12.5. The standard InChI is InChI=1S/C21H29N3OS/c1-6-26-20-13-9-18(10-14-20)16(2)22-21(25)24(5)15-17-7-11-19(12-8-17)23(3)4/h7-14,16H,6,15H2,1-5H3,(H,22,25). The molecule has 140 valence electrons. The number of benzene rings is 2. The Hall–Kier alpha value is -2.14. The molecule has 1 unspecified atom stereocenters. The molecule has 0 fully saturated rings. The monoisotopic (exact) mass is 371 g/mol. The van der Waals surface area contributed by atoms with Crippen LogP contribution in [0, 0.1) is 0 Å². The van der Waals surface area contributed by atoms with Gasteiger partial charge in [0.05, 0.1) is 6.04 Å². The molecular weight excluding hydrogens is 342 g/mol. The van der Waals surface area contributed by atoms with Gasteiger partial charge in [0.15, 0.2) is 0 Å². The van der Waals surface area contributed by atoms with Crippen molar-refractivity contribution in [1.82, 2.24) is 10.2 Å². The lowest BCUT2D eigenvalue weighted by molar-refractivity contribution is 0.203. The molecule has 0 saturated carbocycles. The molecular formula is C21H29N3OS. The Morgan fingerprint density at radius 3 is 2.19 bits per heavy atom. The van der Waals surface area contributed by atoms with Crippen LogP contribution in [0.25, 0.3) is 0 Å². The minimum absolute atomic E-state index is 0.0262. The first-order valence-electron chi connectivity index (χ1n) is 8.91. The van der Waals surface area contributed by atoms with Crippen molar-refractivity contribution in [2.75, 3.05) is 31.8 Å². The highest BCUT2D eigenvalue weighted by Crippen LogP contribution is 2.21. The fraction of sp³-hybridized carbons (Fsp3) is 0.381. The average Bonchev–Trinajstić information content (AvgIpc) is 2.63. The van der Waals surface area contributed by atoms with Crippen molar-refractivity contribution in [3.63, 3.8) is 0 Å². The zero-order chi connectivity index (χ0) is 19.1. The van der Waals surface area contributed by atoms with Crippen LogP contribution in [-0.4, -0.2) is 37.8 Å². The van der Waals surface area contributed by atoms with Gasteiger partial charge < -0.3 is 15.1 Å². The third kappa shape index (κ3) is 5.70. The fourth-order valence-electron chi connectivity index (χ4n) is 2.64. The van der Waals surface area contributed by atoms with E-state index in [0.29, 0.717) is 6.54 Å². The Bertz CT molecular complexity index is 698. The first-order valence-corrected chi connectivity index (χ1v) is 9.90. The fourth-order valence-corrected chi connectivity index (χ4v) is 3.31. The van der Waals surface area contributed by atoms with Crippen LogP contribution in [0.4, 0.5) is 10.5 Å². The first kappa shape index (κ1) is 20.2. The van der Waals surface area contributed by atoms with E-state index in [2.05, 4.69) is 65.7 Å². The summed E-state index contributed by atoms with van der Waals surface area (Å²) in [6.07, 6.45) is 0. The Labute approximate surface area is 161 Å². The SMILES string of the molecule is CCSc1ccc(C(C)NC(=O)N(C)Cc2ccc(N(C)C)cc2)cc1. The molecule has 4 nitrogen and oxygen atoms in total. The normalized spacial score (nSPS) is 11.7. The van der Waals surface area contributed by atoms with E-state index in [1.54, 1.807) is 4.90 Å². The molecule has 2 amide bonds. The van der Waals surface area contributed by atoms with Gasteiger partial charge in [0.1, 0.15) is 0 Å². The molecule has 1 atom stereocenters. The summed E-state index contributed by atoms with van der Waals surface area (Å²) >= 11 is 1.82. The number of carbonyl (C=O) groups excluding carboxylic acids is 1. The first-order chi connectivity index (χ1) is 12.4. The number of anilines is 1. The molecule has 2 aromatic rings. The van der Waals surface area contributed by atoms with Crippen LogP contribution >= 0.6 is 11.8 Å². The summed E-state index contributed by atoms with van der Waals surface area (Å²) in [4.78, 5) is 17.5. The molecule has 0 bridgehead atoms. The maximum Gasteiger partial charge on any atom is 0.317 e. The van der Waals surface area contributed by atoms with Crippen LogP contribution in [0.5, 0.6) is 0 Å². The highest BCUT2D eigenvalue weighted by molar-refractivity contribution is 7.99. The van der Waals surface area contributed by atoms with E-state index in [-0.39, 0.29) is 12.1 Å². The topological polar surface area (TPSA) is 35.6 Å². The van der Waals surface area contributed by atoms with E-state index in [4.69, 9.17) is 0 Å². The quantitative estimate of drug-likeness (QED) is 0.712. The Morgan fingerprint density at radius 2 is 1.65 bits per heavy atom. The molecule has 0 aliphatic carbocycles. The molecule has 0 radical (unpaired) electrons. The van der Waals surface area contributed by atoms with Crippen molar-refractivity contribution >= 4 is 23.5 Å². The minimum atomic E-state index is -0.0683. The number of hydrogen-bond donors (Lipinski definition) is 1. The van der Waals surface area contributed by atoms with Crippen LogP contribution in [0.1, 0.15) is 31.0 Å². The van der Waals surface area contributed by atoms with Crippen molar-refractivity contribution in [2.24, 2.45) is 0 Å². The van der Waals surface area contributed by atoms with Crippen LogP contribution < -0.4 is 10.2 Å².